The molecule has 36 heteroatoms. The molecule has 1 fully saturated rings. The number of hydrogen-bond acceptors (Lipinski definition) is 26. The summed E-state index contributed by atoms with van der Waals surface area (Å²) in [6.07, 6.45) is 2.09. The Hall–Kier alpha value is -10.1. The molecule has 2 unspecified atom stereocenters. The average molecular weight is 1850 g/mol. The monoisotopic (exact) mass is 1850 g/mol. The highest BCUT2D eigenvalue weighted by atomic mass is 16.6. The minimum absolute atomic E-state index is 0.00286. The van der Waals surface area contributed by atoms with E-state index in [1.807, 2.05) is 20.8 Å². The van der Waals surface area contributed by atoms with E-state index in [1.165, 1.54) is 74.6 Å². The van der Waals surface area contributed by atoms with Gasteiger partial charge in [-0.3, -0.25) is 57.6 Å². The zero-order valence-electron chi connectivity index (χ0n) is 80.4. The van der Waals surface area contributed by atoms with E-state index in [1.54, 1.807) is 116 Å². The van der Waals surface area contributed by atoms with Crippen LogP contribution in [0.25, 0.3) is 0 Å². The molecule has 131 heavy (non-hydrogen) atoms. The maximum atomic E-state index is 14.4. The number of carbonyl (C=O) groups excluding carboxylic acids is 15. The van der Waals surface area contributed by atoms with Gasteiger partial charge in [0.05, 0.1) is 98.5 Å². The van der Waals surface area contributed by atoms with E-state index in [0.29, 0.717) is 134 Å². The molecule has 1 saturated heterocycles. The first kappa shape index (κ1) is 113. The predicted octanol–water partition coefficient (Wildman–Crippen LogP) is 8.07. The summed E-state index contributed by atoms with van der Waals surface area (Å²) < 4.78 is 62.7. The Kier molecular flexibility index (Phi) is 53.2. The number of amides is 11. The van der Waals surface area contributed by atoms with Gasteiger partial charge in [0.1, 0.15) is 48.8 Å². The average Bonchev–Trinajstić information content (AvgIpc) is 1.71. The summed E-state index contributed by atoms with van der Waals surface area (Å²) in [7, 11) is 5.70. The maximum absolute atomic E-state index is 14.4. The van der Waals surface area contributed by atoms with Crippen LogP contribution < -0.4 is 26.6 Å². The highest BCUT2D eigenvalue weighted by Crippen LogP contribution is 2.28. The molecule has 2 aliphatic heterocycles. The fraction of sp³-hybridized carbons (Fsp3) is 0.674. The van der Waals surface area contributed by atoms with Crippen molar-refractivity contribution >= 4 is 94.5 Å². The molecule has 0 radical (unpaired) electrons. The van der Waals surface area contributed by atoms with Crippen LogP contribution in [0.5, 0.6) is 0 Å². The van der Waals surface area contributed by atoms with E-state index >= 15 is 0 Å². The smallest absolute Gasteiger partial charge is 0.409 e. The third-order valence-corrected chi connectivity index (χ3v) is 22.6. The third kappa shape index (κ3) is 42.5. The van der Waals surface area contributed by atoms with E-state index in [-0.39, 0.29) is 131 Å². The van der Waals surface area contributed by atoms with E-state index in [4.69, 9.17) is 52.1 Å². The number of hydrogen-bond donors (Lipinski definition) is 5. The van der Waals surface area contributed by atoms with Crippen LogP contribution in [0.3, 0.4) is 0 Å². The summed E-state index contributed by atoms with van der Waals surface area (Å²) in [6, 6.07) is 9.62. The van der Waals surface area contributed by atoms with Crippen LogP contribution in [-0.2, 0) is 127 Å². The normalized spacial score (nSPS) is 21.0. The molecule has 0 aromatic heterocycles. The topological polar surface area (TPSA) is 434 Å². The van der Waals surface area contributed by atoms with E-state index in [9.17, 15) is 71.9 Å². The highest BCUT2D eigenvalue weighted by molar-refractivity contribution is 6.03. The van der Waals surface area contributed by atoms with Gasteiger partial charge < -0.3 is 98.3 Å². The fourth-order valence-electron chi connectivity index (χ4n) is 13.9. The van der Waals surface area contributed by atoms with E-state index in [2.05, 4.69) is 26.6 Å². The number of carbonyl (C=O) groups is 15. The number of Topliss-reactive ketones (excluding diaryl/α,β-unsaturated/α-hetero) is 2. The van der Waals surface area contributed by atoms with Crippen LogP contribution in [-0.4, -0.2) is 309 Å². The molecule has 0 saturated carbocycles. The lowest BCUT2D eigenvalue weighted by molar-refractivity contribution is -0.155. The largest absolute Gasteiger partial charge is 0.456 e. The number of esters is 2. The second-order valence-electron chi connectivity index (χ2n) is 34.5. The van der Waals surface area contributed by atoms with E-state index in [0.717, 1.165) is 17.7 Å². The van der Waals surface area contributed by atoms with Crippen LogP contribution >= 0.6 is 0 Å². The van der Waals surface area contributed by atoms with Gasteiger partial charge in [-0.2, -0.15) is 0 Å². The molecule has 36 nitrogen and oxygen atoms in total. The summed E-state index contributed by atoms with van der Waals surface area (Å²) in [6.45, 7) is 28.1. The van der Waals surface area contributed by atoms with Crippen LogP contribution in [0.1, 0.15) is 185 Å². The number of anilines is 1. The van der Waals surface area contributed by atoms with Crippen molar-refractivity contribution < 1.29 is 124 Å². The van der Waals surface area contributed by atoms with Gasteiger partial charge >= 0.3 is 24.1 Å². The number of nitrogens with zero attached hydrogens (tertiary/aromatic N) is 5. The van der Waals surface area contributed by atoms with Crippen molar-refractivity contribution in [1.82, 2.24) is 45.8 Å². The summed E-state index contributed by atoms with van der Waals surface area (Å²) >= 11 is 0. The second-order valence-corrected chi connectivity index (χ2v) is 34.5. The number of imide groups is 1. The molecule has 734 valence electrons. The Morgan fingerprint density at radius 2 is 1.18 bits per heavy atom. The van der Waals surface area contributed by atoms with Gasteiger partial charge in [0, 0.05) is 128 Å². The SMILES string of the molecule is C/C=C(\C)[C@H]1OC(=O)[C@@H](C)NC(=O)[C@H](C(C)CC)NC(=O)CN(C)C(=O)[C@@H](Cc2ccccc2)N(C)C(=O)[C@H](C)NC(=O)[C@@H](CC(C)C)OC(=O)/C(C)=C/C[C@H](OC(=O)N(C)CCN(C)C(=O)OCc2ccc(NC(=O)[C@@H](C)CC(=O)[C@H](NC(=O)CCOCCOCCOCCOCCOCCOCCOCCCC(=O)CCCCCN3C(=O)CC(C)C3=O)C(C)C)cc2)[C@@H]1C. The molecule has 2 heterocycles. The maximum Gasteiger partial charge on any atom is 0.409 e. The van der Waals surface area contributed by atoms with Crippen molar-refractivity contribution in [1.29, 1.82) is 0 Å². The Morgan fingerprint density at radius 3 is 1.73 bits per heavy atom. The predicted molar refractivity (Wildman–Crippen MR) is 487 cm³/mol. The third-order valence-electron chi connectivity index (χ3n) is 22.6. The Bertz CT molecular complexity index is 4010. The lowest BCUT2D eigenvalue weighted by Gasteiger charge is -2.33. The number of allylic oxidation sites excluding steroid dienone is 1. The molecule has 0 bridgehead atoms. The van der Waals surface area contributed by atoms with Crippen molar-refractivity contribution in [2.24, 2.45) is 35.5 Å². The summed E-state index contributed by atoms with van der Waals surface area (Å²) in [5.41, 5.74) is 2.20. The number of ether oxygens (including phenoxy) is 11. The molecule has 0 aliphatic carbocycles. The number of cyclic esters (lactones) is 2. The number of ketones is 2. The van der Waals surface area contributed by atoms with Gasteiger partial charge in [-0.15, -0.1) is 0 Å². The zero-order chi connectivity index (χ0) is 97.2. The molecule has 2 aromatic rings. The molecule has 5 N–H and O–H groups in total. The number of benzene rings is 2. The van der Waals surface area contributed by atoms with Crippen molar-refractivity contribution in [2.75, 3.05) is 152 Å². The highest BCUT2D eigenvalue weighted by Gasteiger charge is 2.40. The molecular weight excluding hydrogens is 1700 g/mol. The van der Waals surface area contributed by atoms with Crippen molar-refractivity contribution in [3.05, 3.63) is 89.0 Å². The minimum atomic E-state index is -1.40. The summed E-state index contributed by atoms with van der Waals surface area (Å²) in [5.74, 6) is -9.30. The zero-order valence-corrected chi connectivity index (χ0v) is 80.4. The standard InChI is InChI=1S/C95H148N10O26/c1-19-64(7)84-88(113)97-71(14)93(118)131-85(65(8)20-2)69(12)78(37-32-66(9)92(117)129-79(56-62(3)4)87(112)96-70(13)90(115)104(18)76(59-72-28-23-21-24-29-72)91(116)103(17)60-81(109)100-84)130-95(120)102(16)41-40-101(15)94(119)128-61-73-33-35-74(36-34-73)98-86(111)67(10)57-77(107)83(63(5)6)99-80(108)38-43-122-45-47-124-49-51-126-53-55-127-54-52-125-50-48-123-46-44-121-42-27-31-75(106)30-25-22-26-39-105-82(110)58-68(11)89(105)114/h20-21,23-24,28-29,32-36,62-64,67-71,76,78-79,83-85H,19,22,25-27,30-31,37-61H2,1-18H3,(H,96,112)(H,97,113)(H,98,111)(H,99,108)(H,100,109)/b65-20+,66-32+/t64?,67-,68?,69-,70-,71+,76+,78-,79+,83+,84-,85+/m0/s1. The van der Waals surface area contributed by atoms with Crippen LogP contribution in [0.4, 0.5) is 15.3 Å². The van der Waals surface area contributed by atoms with Gasteiger partial charge in [-0.25, -0.2) is 19.2 Å². The molecule has 2 aromatic carbocycles. The van der Waals surface area contributed by atoms with Crippen molar-refractivity contribution in [3.8, 4) is 0 Å². The Labute approximate surface area is 773 Å². The minimum Gasteiger partial charge on any atom is -0.456 e. The number of rotatable bonds is 51. The molecule has 2 aliphatic rings. The van der Waals surface area contributed by atoms with Crippen molar-refractivity contribution in [2.45, 2.75) is 236 Å². The lowest BCUT2D eigenvalue weighted by Crippen LogP contribution is -2.57. The fourth-order valence-corrected chi connectivity index (χ4v) is 13.9. The van der Waals surface area contributed by atoms with Gasteiger partial charge in [-0.1, -0.05) is 130 Å². The molecule has 4 rings (SSSR count). The van der Waals surface area contributed by atoms with Gasteiger partial charge in [0.25, 0.3) is 5.91 Å². The number of unbranched alkanes of at least 4 members (excludes halogenated alkanes) is 2. The number of nitrogens with one attached hydrogen (secondary N) is 5. The first-order valence-corrected chi connectivity index (χ1v) is 45.9. The van der Waals surface area contributed by atoms with Crippen LogP contribution in [0.15, 0.2) is 77.9 Å². The quantitative estimate of drug-likeness (QED) is 0.0137. The first-order valence-electron chi connectivity index (χ1n) is 45.9. The Morgan fingerprint density at radius 1 is 0.626 bits per heavy atom. The number of likely N-dealkylation sites (N-methyl/N-ethyl adjacent to an activating group) is 4. The molecule has 0 spiro atoms. The molecular formula is C95H148N10O26. The Balaban J connectivity index is 1.20. The van der Waals surface area contributed by atoms with Gasteiger partial charge in [0.2, 0.25) is 47.3 Å². The molecule has 12 atom stereocenters. The van der Waals surface area contributed by atoms with Crippen molar-refractivity contribution in [3.63, 3.8) is 0 Å². The molecule has 11 amide bonds. The lowest BCUT2D eigenvalue weighted by atomic mass is 9.90. The first-order chi connectivity index (χ1) is 62.3. The number of likely N-dealkylation sites (tertiary alicyclic amines) is 1. The van der Waals surface area contributed by atoms with Crippen LogP contribution in [0, 0.1) is 35.5 Å². The second kappa shape index (κ2) is 61.6. The van der Waals surface area contributed by atoms with Crippen LogP contribution in [0.2, 0.25) is 0 Å². The van der Waals surface area contributed by atoms with Gasteiger partial charge in [0.15, 0.2) is 11.9 Å². The summed E-state index contributed by atoms with van der Waals surface area (Å²) in [4.78, 5) is 209. The van der Waals surface area contributed by atoms with Gasteiger partial charge in [-0.05, 0) is 107 Å². The summed E-state index contributed by atoms with van der Waals surface area (Å²) in [5, 5.41) is 13.7. The van der Waals surface area contributed by atoms with E-state index < -0.39 is 132 Å².